The summed E-state index contributed by atoms with van der Waals surface area (Å²) in [5, 5.41) is 10.5. The second-order valence-corrected chi connectivity index (χ2v) is 3.13. The van der Waals surface area contributed by atoms with Crippen molar-refractivity contribution in [2.45, 2.75) is 11.9 Å². The van der Waals surface area contributed by atoms with Gasteiger partial charge >= 0.3 is 6.09 Å². The second kappa shape index (κ2) is 6.51. The molecule has 0 spiro atoms. The fourth-order valence-electron chi connectivity index (χ4n) is 1.01. The second-order valence-electron chi connectivity index (χ2n) is 2.61. The summed E-state index contributed by atoms with van der Waals surface area (Å²) < 4.78 is 0. The van der Waals surface area contributed by atoms with Gasteiger partial charge in [0, 0.05) is 6.42 Å². The van der Waals surface area contributed by atoms with Gasteiger partial charge in [-0.05, 0) is 5.56 Å². The molecule has 0 radical (unpaired) electrons. The molecule has 2 N–H and O–H groups in total. The monoisotopic (exact) mass is 235 g/mol. The molecule has 1 rings (SSSR count). The van der Waals surface area contributed by atoms with Crippen molar-refractivity contribution in [3.63, 3.8) is 0 Å². The molecule has 0 aliphatic carbocycles. The predicted octanol–water partition coefficient (Wildman–Crippen LogP) is 2.48. The number of nitrogens with one attached hydrogen (secondary N) is 1. The first-order valence-corrected chi connectivity index (χ1v) is 4.29. The van der Waals surface area contributed by atoms with E-state index in [-0.39, 0.29) is 12.4 Å². The summed E-state index contributed by atoms with van der Waals surface area (Å²) in [5.41, 5.74) is 0.441. The summed E-state index contributed by atoms with van der Waals surface area (Å²) in [7, 11) is 0. The number of carbonyl (C=O) groups is 1. The molecule has 5 heteroatoms. The van der Waals surface area contributed by atoms with Crippen molar-refractivity contribution in [2.24, 2.45) is 0 Å². The first-order valence-electron chi connectivity index (χ1n) is 3.86. The van der Waals surface area contributed by atoms with Gasteiger partial charge in [0.15, 0.2) is 0 Å². The highest BCUT2D eigenvalue weighted by atomic mass is 35.5. The van der Waals surface area contributed by atoms with Gasteiger partial charge in [0.25, 0.3) is 0 Å². The van der Waals surface area contributed by atoms with Crippen molar-refractivity contribution in [3.05, 3.63) is 35.9 Å². The molecule has 1 atom stereocenters. The third kappa shape index (κ3) is 4.94. The smallest absolute Gasteiger partial charge is 0.405 e. The fourth-order valence-corrected chi connectivity index (χ4v) is 1.28. The number of alkyl halides is 1. The Balaban J connectivity index is 0.00000169. The zero-order chi connectivity index (χ0) is 9.68. The van der Waals surface area contributed by atoms with Gasteiger partial charge in [-0.15, -0.1) is 12.4 Å². The highest BCUT2D eigenvalue weighted by Gasteiger charge is 2.07. The zero-order valence-electron chi connectivity index (χ0n) is 7.31. The third-order valence-electron chi connectivity index (χ3n) is 1.54. The molecule has 0 heterocycles. The largest absolute Gasteiger partial charge is 0.465 e. The van der Waals surface area contributed by atoms with Crippen molar-refractivity contribution in [3.8, 4) is 0 Å². The Morgan fingerprint density at radius 3 is 2.50 bits per heavy atom. The van der Waals surface area contributed by atoms with Crippen LogP contribution in [0.3, 0.4) is 0 Å². The molecular formula is C9H11Cl2NO2. The molecule has 0 saturated heterocycles. The van der Waals surface area contributed by atoms with Crippen molar-refractivity contribution in [1.29, 1.82) is 0 Å². The van der Waals surface area contributed by atoms with Gasteiger partial charge < -0.3 is 10.4 Å². The number of halogens is 2. The quantitative estimate of drug-likeness (QED) is 0.625. The Kier molecular flexibility index (Phi) is 6.08. The molecule has 0 aliphatic rings. The summed E-state index contributed by atoms with van der Waals surface area (Å²) in [5.74, 6) is 0. The van der Waals surface area contributed by atoms with Crippen LogP contribution in [-0.2, 0) is 6.42 Å². The maximum atomic E-state index is 10.2. The Hall–Kier alpha value is -0.930. The van der Waals surface area contributed by atoms with E-state index in [1.54, 1.807) is 0 Å². The molecule has 1 unspecified atom stereocenters. The summed E-state index contributed by atoms with van der Waals surface area (Å²) in [4.78, 5) is 10.2. The summed E-state index contributed by atoms with van der Waals surface area (Å²) in [6.07, 6.45) is -0.606. The van der Waals surface area contributed by atoms with Crippen LogP contribution in [0.15, 0.2) is 30.3 Å². The first-order chi connectivity index (χ1) is 6.18. The lowest BCUT2D eigenvalue weighted by Crippen LogP contribution is -2.30. The van der Waals surface area contributed by atoms with Gasteiger partial charge in [-0.2, -0.15) is 0 Å². The average Bonchev–Trinajstić information content (AvgIpc) is 2.04. The van der Waals surface area contributed by atoms with E-state index in [1.165, 1.54) is 0 Å². The fraction of sp³-hybridized carbons (Fsp3) is 0.222. The normalized spacial score (nSPS) is 11.2. The van der Waals surface area contributed by atoms with Gasteiger partial charge in [0.1, 0.15) is 5.50 Å². The van der Waals surface area contributed by atoms with Crippen LogP contribution in [-0.4, -0.2) is 16.7 Å². The van der Waals surface area contributed by atoms with Crippen LogP contribution < -0.4 is 5.32 Å². The van der Waals surface area contributed by atoms with Crippen LogP contribution in [0, 0.1) is 0 Å². The SMILES string of the molecule is Cl.O=C(O)NC(Cl)Cc1ccccc1. The molecule has 3 nitrogen and oxygen atoms in total. The van der Waals surface area contributed by atoms with Crippen molar-refractivity contribution >= 4 is 30.1 Å². The molecule has 1 amide bonds. The maximum Gasteiger partial charge on any atom is 0.405 e. The van der Waals surface area contributed by atoms with Crippen molar-refractivity contribution in [2.75, 3.05) is 0 Å². The summed E-state index contributed by atoms with van der Waals surface area (Å²) >= 11 is 5.72. The van der Waals surface area contributed by atoms with E-state index < -0.39 is 11.6 Å². The van der Waals surface area contributed by atoms with E-state index in [2.05, 4.69) is 5.32 Å². The lowest BCUT2D eigenvalue weighted by molar-refractivity contribution is 0.193. The standard InChI is InChI=1S/C9H10ClNO2.ClH/c10-8(11-9(12)13)6-7-4-2-1-3-5-7;/h1-5,8,11H,6H2,(H,12,13);1H. The van der Waals surface area contributed by atoms with Gasteiger partial charge in [0.2, 0.25) is 0 Å². The number of hydrogen-bond acceptors (Lipinski definition) is 1. The Bertz CT molecular complexity index is 279. The molecule has 0 aromatic heterocycles. The number of carboxylic acid groups (broad SMARTS) is 1. The van der Waals surface area contributed by atoms with Gasteiger partial charge in [-0.1, -0.05) is 41.9 Å². The van der Waals surface area contributed by atoms with Crippen LogP contribution in [0.2, 0.25) is 0 Å². The van der Waals surface area contributed by atoms with E-state index in [9.17, 15) is 4.79 Å². The molecule has 0 saturated carbocycles. The van der Waals surface area contributed by atoms with E-state index in [0.717, 1.165) is 5.56 Å². The van der Waals surface area contributed by atoms with E-state index >= 15 is 0 Å². The van der Waals surface area contributed by atoms with Crippen molar-refractivity contribution in [1.82, 2.24) is 5.32 Å². The summed E-state index contributed by atoms with van der Waals surface area (Å²) in [6, 6.07) is 9.48. The van der Waals surface area contributed by atoms with E-state index in [1.807, 2.05) is 30.3 Å². The zero-order valence-corrected chi connectivity index (χ0v) is 8.89. The minimum atomic E-state index is -1.10. The molecule has 0 fully saturated rings. The highest BCUT2D eigenvalue weighted by molar-refractivity contribution is 6.21. The van der Waals surface area contributed by atoms with Crippen molar-refractivity contribution < 1.29 is 9.90 Å². The Labute approximate surface area is 93.5 Å². The minimum Gasteiger partial charge on any atom is -0.465 e. The van der Waals surface area contributed by atoms with Crippen LogP contribution in [0.4, 0.5) is 4.79 Å². The number of hydrogen-bond donors (Lipinski definition) is 2. The Morgan fingerprint density at radius 2 is 2.00 bits per heavy atom. The number of rotatable bonds is 3. The molecule has 78 valence electrons. The number of amides is 1. The Morgan fingerprint density at radius 1 is 1.43 bits per heavy atom. The molecule has 1 aromatic rings. The molecule has 0 aliphatic heterocycles. The molecule has 1 aromatic carbocycles. The van der Waals surface area contributed by atoms with Gasteiger partial charge in [-0.25, -0.2) is 4.79 Å². The van der Waals surface area contributed by atoms with Crippen LogP contribution in [0.5, 0.6) is 0 Å². The maximum absolute atomic E-state index is 10.2. The molecule has 0 bridgehead atoms. The van der Waals surface area contributed by atoms with E-state index in [0.29, 0.717) is 6.42 Å². The van der Waals surface area contributed by atoms with Crippen LogP contribution in [0.1, 0.15) is 5.56 Å². The van der Waals surface area contributed by atoms with Gasteiger partial charge in [0.05, 0.1) is 0 Å². The average molecular weight is 236 g/mol. The lowest BCUT2D eigenvalue weighted by Gasteiger charge is -2.08. The van der Waals surface area contributed by atoms with Gasteiger partial charge in [-0.3, -0.25) is 0 Å². The molecule has 14 heavy (non-hydrogen) atoms. The minimum absolute atomic E-state index is 0. The first kappa shape index (κ1) is 13.1. The van der Waals surface area contributed by atoms with Crippen LogP contribution in [0.25, 0.3) is 0 Å². The van der Waals surface area contributed by atoms with Crippen LogP contribution >= 0.6 is 24.0 Å². The van der Waals surface area contributed by atoms with E-state index in [4.69, 9.17) is 16.7 Å². The number of benzene rings is 1. The third-order valence-corrected chi connectivity index (χ3v) is 1.80. The molecular weight excluding hydrogens is 225 g/mol. The summed E-state index contributed by atoms with van der Waals surface area (Å²) in [6.45, 7) is 0. The lowest BCUT2D eigenvalue weighted by atomic mass is 10.1. The predicted molar refractivity (Wildman–Crippen MR) is 58.2 cm³/mol. The highest BCUT2D eigenvalue weighted by Crippen LogP contribution is 2.05. The topological polar surface area (TPSA) is 49.3 Å².